The maximum atomic E-state index is 5.95. The first-order valence-corrected chi connectivity index (χ1v) is 8.01. The van der Waals surface area contributed by atoms with Gasteiger partial charge in [0, 0.05) is 44.0 Å². The SMILES string of the molecule is CCCN1CCN(c2nc3c(cc2CN)CCC3)CC1. The van der Waals surface area contributed by atoms with Crippen molar-refractivity contribution < 1.29 is 0 Å². The van der Waals surface area contributed by atoms with Crippen molar-refractivity contribution in [2.75, 3.05) is 37.6 Å². The smallest absolute Gasteiger partial charge is 0.133 e. The van der Waals surface area contributed by atoms with Gasteiger partial charge in [0.2, 0.25) is 0 Å². The summed E-state index contributed by atoms with van der Waals surface area (Å²) in [6.45, 7) is 8.53. The predicted molar refractivity (Wildman–Crippen MR) is 83.1 cm³/mol. The molecule has 0 bridgehead atoms. The summed E-state index contributed by atoms with van der Waals surface area (Å²) in [6.07, 6.45) is 4.81. The summed E-state index contributed by atoms with van der Waals surface area (Å²) in [5.74, 6) is 1.16. The minimum absolute atomic E-state index is 0.602. The van der Waals surface area contributed by atoms with Crippen molar-refractivity contribution in [1.29, 1.82) is 0 Å². The Balaban J connectivity index is 1.77. The van der Waals surface area contributed by atoms with Crippen LogP contribution in [-0.4, -0.2) is 42.6 Å². The van der Waals surface area contributed by atoms with Gasteiger partial charge in [0.1, 0.15) is 5.82 Å². The molecule has 3 rings (SSSR count). The molecular weight excluding hydrogens is 248 g/mol. The molecule has 0 amide bonds. The molecule has 1 fully saturated rings. The molecule has 4 heteroatoms. The lowest BCUT2D eigenvalue weighted by Gasteiger charge is -2.36. The van der Waals surface area contributed by atoms with Crippen molar-refractivity contribution in [1.82, 2.24) is 9.88 Å². The number of nitrogens with two attached hydrogens (primary N) is 1. The fraction of sp³-hybridized carbons (Fsp3) is 0.688. The van der Waals surface area contributed by atoms with E-state index in [1.807, 2.05) is 0 Å². The molecule has 0 radical (unpaired) electrons. The van der Waals surface area contributed by atoms with E-state index in [0.717, 1.165) is 38.4 Å². The van der Waals surface area contributed by atoms with E-state index in [0.29, 0.717) is 6.54 Å². The summed E-state index contributed by atoms with van der Waals surface area (Å²) < 4.78 is 0. The Bertz CT molecular complexity index is 464. The normalized spacial score (nSPS) is 19.4. The van der Waals surface area contributed by atoms with Gasteiger partial charge in [-0.15, -0.1) is 0 Å². The average molecular weight is 274 g/mol. The molecule has 0 unspecified atom stereocenters. The topological polar surface area (TPSA) is 45.4 Å². The van der Waals surface area contributed by atoms with Crippen molar-refractivity contribution >= 4 is 5.82 Å². The highest BCUT2D eigenvalue weighted by Crippen LogP contribution is 2.27. The number of anilines is 1. The van der Waals surface area contributed by atoms with Gasteiger partial charge in [-0.1, -0.05) is 6.92 Å². The van der Waals surface area contributed by atoms with Crippen LogP contribution in [0.5, 0.6) is 0 Å². The van der Waals surface area contributed by atoms with Gasteiger partial charge in [-0.2, -0.15) is 0 Å². The number of pyridine rings is 1. The van der Waals surface area contributed by atoms with Crippen LogP contribution in [0.15, 0.2) is 6.07 Å². The number of fused-ring (bicyclic) bond motifs is 1. The van der Waals surface area contributed by atoms with E-state index in [9.17, 15) is 0 Å². The van der Waals surface area contributed by atoms with E-state index in [-0.39, 0.29) is 0 Å². The Morgan fingerprint density at radius 1 is 1.20 bits per heavy atom. The van der Waals surface area contributed by atoms with Crippen molar-refractivity contribution in [3.63, 3.8) is 0 Å². The van der Waals surface area contributed by atoms with Gasteiger partial charge in [0.05, 0.1) is 0 Å². The standard InChI is InChI=1S/C16H26N4/c1-2-6-19-7-9-20(10-8-19)16-14(12-17)11-13-4-3-5-15(13)18-16/h11H,2-10,12,17H2,1H3. The van der Waals surface area contributed by atoms with Gasteiger partial charge in [0.15, 0.2) is 0 Å². The highest BCUT2D eigenvalue weighted by Gasteiger charge is 2.22. The molecule has 20 heavy (non-hydrogen) atoms. The number of aromatic nitrogens is 1. The molecular formula is C16H26N4. The van der Waals surface area contributed by atoms with Gasteiger partial charge in [0.25, 0.3) is 0 Å². The Morgan fingerprint density at radius 2 is 2.00 bits per heavy atom. The van der Waals surface area contributed by atoms with E-state index in [1.54, 1.807) is 0 Å². The maximum absolute atomic E-state index is 5.95. The third-order valence-corrected chi connectivity index (χ3v) is 4.54. The molecule has 4 nitrogen and oxygen atoms in total. The maximum Gasteiger partial charge on any atom is 0.133 e. The molecule has 0 atom stereocenters. The van der Waals surface area contributed by atoms with Crippen LogP contribution >= 0.6 is 0 Å². The van der Waals surface area contributed by atoms with Crippen LogP contribution in [0.25, 0.3) is 0 Å². The zero-order chi connectivity index (χ0) is 13.9. The second kappa shape index (κ2) is 6.10. The Hall–Kier alpha value is -1.13. The summed E-state index contributed by atoms with van der Waals surface area (Å²) in [4.78, 5) is 9.93. The highest BCUT2D eigenvalue weighted by atomic mass is 15.3. The van der Waals surface area contributed by atoms with Crippen LogP contribution in [0.4, 0.5) is 5.82 Å². The van der Waals surface area contributed by atoms with Crippen molar-refractivity contribution in [2.24, 2.45) is 5.73 Å². The molecule has 1 saturated heterocycles. The summed E-state index contributed by atoms with van der Waals surface area (Å²) in [7, 11) is 0. The molecule has 1 aliphatic heterocycles. The van der Waals surface area contributed by atoms with Crippen LogP contribution in [0.2, 0.25) is 0 Å². The van der Waals surface area contributed by atoms with Crippen molar-refractivity contribution in [3.8, 4) is 0 Å². The highest BCUT2D eigenvalue weighted by molar-refractivity contribution is 5.51. The molecule has 1 aliphatic carbocycles. The fourth-order valence-corrected chi connectivity index (χ4v) is 3.43. The monoisotopic (exact) mass is 274 g/mol. The van der Waals surface area contributed by atoms with E-state index >= 15 is 0 Å². The molecule has 110 valence electrons. The van der Waals surface area contributed by atoms with Crippen LogP contribution in [0, 0.1) is 0 Å². The first kappa shape index (κ1) is 13.8. The summed E-state index contributed by atoms with van der Waals surface area (Å²) >= 11 is 0. The lowest BCUT2D eigenvalue weighted by Crippen LogP contribution is -2.47. The molecule has 2 heterocycles. The number of nitrogens with zero attached hydrogens (tertiary/aromatic N) is 3. The zero-order valence-corrected chi connectivity index (χ0v) is 12.6. The third kappa shape index (κ3) is 2.67. The van der Waals surface area contributed by atoms with Gasteiger partial charge < -0.3 is 10.6 Å². The minimum atomic E-state index is 0.602. The van der Waals surface area contributed by atoms with Gasteiger partial charge >= 0.3 is 0 Å². The number of piperazine rings is 1. The molecule has 0 spiro atoms. The molecule has 2 N–H and O–H groups in total. The fourth-order valence-electron chi connectivity index (χ4n) is 3.43. The minimum Gasteiger partial charge on any atom is -0.354 e. The Morgan fingerprint density at radius 3 is 2.70 bits per heavy atom. The number of rotatable bonds is 4. The van der Waals surface area contributed by atoms with E-state index in [2.05, 4.69) is 22.8 Å². The van der Waals surface area contributed by atoms with Crippen LogP contribution in [-0.2, 0) is 19.4 Å². The Kier molecular flexibility index (Phi) is 4.22. The zero-order valence-electron chi connectivity index (χ0n) is 12.6. The first-order valence-electron chi connectivity index (χ1n) is 8.01. The summed E-state index contributed by atoms with van der Waals surface area (Å²) in [6, 6.07) is 2.31. The number of hydrogen-bond donors (Lipinski definition) is 1. The molecule has 1 aromatic rings. The first-order chi connectivity index (χ1) is 9.81. The van der Waals surface area contributed by atoms with Gasteiger partial charge in [-0.05, 0) is 43.9 Å². The van der Waals surface area contributed by atoms with Crippen LogP contribution < -0.4 is 10.6 Å². The Labute approximate surface area is 122 Å². The second-order valence-electron chi connectivity index (χ2n) is 5.96. The molecule has 1 aromatic heterocycles. The summed E-state index contributed by atoms with van der Waals surface area (Å²) in [5, 5.41) is 0. The third-order valence-electron chi connectivity index (χ3n) is 4.54. The molecule has 0 aromatic carbocycles. The van der Waals surface area contributed by atoms with Gasteiger partial charge in [-0.3, -0.25) is 4.90 Å². The predicted octanol–water partition coefficient (Wildman–Crippen LogP) is 1.56. The van der Waals surface area contributed by atoms with Crippen LogP contribution in [0.1, 0.15) is 36.6 Å². The lowest BCUT2D eigenvalue weighted by molar-refractivity contribution is 0.258. The van der Waals surface area contributed by atoms with Crippen molar-refractivity contribution in [3.05, 3.63) is 22.9 Å². The molecule has 0 saturated carbocycles. The van der Waals surface area contributed by atoms with E-state index in [4.69, 9.17) is 10.7 Å². The number of aryl methyl sites for hydroxylation is 2. The quantitative estimate of drug-likeness (QED) is 0.905. The largest absolute Gasteiger partial charge is 0.354 e. The number of hydrogen-bond acceptors (Lipinski definition) is 4. The van der Waals surface area contributed by atoms with E-state index < -0.39 is 0 Å². The van der Waals surface area contributed by atoms with Crippen molar-refractivity contribution in [2.45, 2.75) is 39.2 Å². The second-order valence-corrected chi connectivity index (χ2v) is 5.96. The average Bonchev–Trinajstić information content (AvgIpc) is 2.94. The molecule has 2 aliphatic rings. The summed E-state index contributed by atoms with van der Waals surface area (Å²) in [5.41, 5.74) is 9.92. The van der Waals surface area contributed by atoms with E-state index in [1.165, 1.54) is 42.6 Å². The van der Waals surface area contributed by atoms with Crippen LogP contribution in [0.3, 0.4) is 0 Å². The van der Waals surface area contributed by atoms with Gasteiger partial charge in [-0.25, -0.2) is 4.98 Å². The lowest BCUT2D eigenvalue weighted by atomic mass is 10.1.